The van der Waals surface area contributed by atoms with Gasteiger partial charge in [-0.1, -0.05) is 60.2 Å². The van der Waals surface area contributed by atoms with Crippen LogP contribution in [0.1, 0.15) is 34.9 Å². The highest BCUT2D eigenvalue weighted by Crippen LogP contribution is 2.20. The molecule has 0 fully saturated rings. The number of hydrogen-bond acceptors (Lipinski definition) is 3. The highest BCUT2D eigenvalue weighted by atomic mass is 32.2. The maximum absolute atomic E-state index is 13.0. The van der Waals surface area contributed by atoms with Gasteiger partial charge in [0, 0.05) is 24.3 Å². The third kappa shape index (κ3) is 4.73. The van der Waals surface area contributed by atoms with Crippen LogP contribution in [0.5, 0.6) is 0 Å². The molecule has 0 radical (unpaired) electrons. The molecule has 0 aliphatic carbocycles. The van der Waals surface area contributed by atoms with Crippen molar-refractivity contribution in [3.63, 3.8) is 0 Å². The number of rotatable bonds is 8. The number of benzene rings is 1. The van der Waals surface area contributed by atoms with Gasteiger partial charge in [0.1, 0.15) is 0 Å². The van der Waals surface area contributed by atoms with E-state index in [-0.39, 0.29) is 5.56 Å². The zero-order chi connectivity index (χ0) is 18.4. The summed E-state index contributed by atoms with van der Waals surface area (Å²) in [7, 11) is 0. The van der Waals surface area contributed by atoms with E-state index < -0.39 is 0 Å². The second-order valence-electron chi connectivity index (χ2n) is 6.15. The zero-order valence-corrected chi connectivity index (χ0v) is 16.2. The molecule has 0 saturated heterocycles. The van der Waals surface area contributed by atoms with Gasteiger partial charge in [-0.15, -0.1) is 13.2 Å². The van der Waals surface area contributed by atoms with E-state index in [1.165, 1.54) is 28.5 Å². The molecular weight excluding hydrogens is 328 g/mol. The van der Waals surface area contributed by atoms with Crippen molar-refractivity contribution >= 4 is 11.8 Å². The molecule has 0 bridgehead atoms. The van der Waals surface area contributed by atoms with Gasteiger partial charge in [0.25, 0.3) is 5.56 Å². The van der Waals surface area contributed by atoms with E-state index in [2.05, 4.69) is 45.2 Å². The molecule has 0 aliphatic rings. The summed E-state index contributed by atoms with van der Waals surface area (Å²) in [5.74, 6) is 0.720. The van der Waals surface area contributed by atoms with Crippen LogP contribution in [0.3, 0.4) is 0 Å². The van der Waals surface area contributed by atoms with Crippen molar-refractivity contribution in [1.82, 2.24) is 9.55 Å². The summed E-state index contributed by atoms with van der Waals surface area (Å²) in [6, 6.07) is 6.49. The topological polar surface area (TPSA) is 34.9 Å². The molecule has 1 aromatic carbocycles. The molecular formula is C21H26N2OS. The number of hydrogen-bond donors (Lipinski definition) is 0. The predicted molar refractivity (Wildman–Crippen MR) is 108 cm³/mol. The first kappa shape index (κ1) is 19.3. The number of thioether (sulfide) groups is 1. The lowest BCUT2D eigenvalue weighted by molar-refractivity contribution is 0.633. The van der Waals surface area contributed by atoms with Crippen LogP contribution in [0.15, 0.2) is 53.5 Å². The molecule has 4 heteroatoms. The maximum atomic E-state index is 13.0. The first-order valence-corrected chi connectivity index (χ1v) is 9.53. The van der Waals surface area contributed by atoms with Gasteiger partial charge in [0.15, 0.2) is 5.16 Å². The molecule has 1 aromatic heterocycles. The largest absolute Gasteiger partial charge is 0.284 e. The van der Waals surface area contributed by atoms with E-state index in [9.17, 15) is 4.79 Å². The van der Waals surface area contributed by atoms with Crippen LogP contribution >= 0.6 is 11.8 Å². The average molecular weight is 355 g/mol. The van der Waals surface area contributed by atoms with Crippen molar-refractivity contribution in [2.24, 2.45) is 0 Å². The van der Waals surface area contributed by atoms with Gasteiger partial charge in [0.05, 0.1) is 5.69 Å². The molecule has 0 saturated carbocycles. The first-order chi connectivity index (χ1) is 12.0. The lowest BCUT2D eigenvalue weighted by Crippen LogP contribution is -2.28. The van der Waals surface area contributed by atoms with Gasteiger partial charge < -0.3 is 0 Å². The molecule has 25 heavy (non-hydrogen) atoms. The molecule has 0 amide bonds. The Morgan fingerprint density at radius 3 is 2.40 bits per heavy atom. The van der Waals surface area contributed by atoms with Crippen molar-refractivity contribution in [1.29, 1.82) is 0 Å². The number of nitrogens with zero attached hydrogens (tertiary/aromatic N) is 2. The van der Waals surface area contributed by atoms with Gasteiger partial charge in [-0.25, -0.2) is 4.98 Å². The van der Waals surface area contributed by atoms with Crippen LogP contribution in [-0.2, 0) is 19.4 Å². The Morgan fingerprint density at radius 1 is 1.16 bits per heavy atom. The van der Waals surface area contributed by atoms with E-state index in [0.717, 1.165) is 22.2 Å². The molecule has 0 aliphatic heterocycles. The quantitative estimate of drug-likeness (QED) is 0.398. The summed E-state index contributed by atoms with van der Waals surface area (Å²) in [4.78, 5) is 17.8. The minimum atomic E-state index is 0.0448. The van der Waals surface area contributed by atoms with Gasteiger partial charge in [-0.05, 0) is 25.8 Å². The smallest absolute Gasteiger partial charge is 0.257 e. The number of allylic oxidation sites excluding steroid dienone is 1. The van der Waals surface area contributed by atoms with Crippen molar-refractivity contribution < 1.29 is 0 Å². The maximum Gasteiger partial charge on any atom is 0.257 e. The minimum Gasteiger partial charge on any atom is -0.284 e. The highest BCUT2D eigenvalue weighted by molar-refractivity contribution is 7.99. The standard InChI is InChI=1S/C21H26N2OS/c1-6-9-23-20(24)18(8-3)19(22-21(23)25-10-7-2)14-17-12-15(4)11-16(5)13-17/h6-7,11-13H,1-2,8-10,14H2,3-5H3. The van der Waals surface area contributed by atoms with Crippen molar-refractivity contribution in [3.8, 4) is 0 Å². The number of aryl methyl sites for hydroxylation is 2. The Kier molecular flexibility index (Phi) is 6.82. The van der Waals surface area contributed by atoms with Crippen LogP contribution in [-0.4, -0.2) is 15.3 Å². The van der Waals surface area contributed by atoms with Crippen molar-refractivity contribution in [3.05, 3.63) is 81.8 Å². The Hall–Kier alpha value is -2.07. The Labute approximate surface area is 154 Å². The summed E-state index contributed by atoms with van der Waals surface area (Å²) >= 11 is 1.54. The summed E-state index contributed by atoms with van der Waals surface area (Å²) in [6.07, 6.45) is 4.92. The molecule has 2 rings (SSSR count). The Balaban J connectivity index is 2.55. The summed E-state index contributed by atoms with van der Waals surface area (Å²) in [5.41, 5.74) is 5.38. The monoisotopic (exact) mass is 354 g/mol. The predicted octanol–water partition coefficient (Wildman–Crippen LogP) is 4.48. The lowest BCUT2D eigenvalue weighted by Gasteiger charge is -2.15. The lowest BCUT2D eigenvalue weighted by atomic mass is 10.0. The molecule has 2 aromatic rings. The molecule has 0 spiro atoms. The van der Waals surface area contributed by atoms with Gasteiger partial charge in [-0.3, -0.25) is 9.36 Å². The molecule has 1 heterocycles. The average Bonchev–Trinajstić information content (AvgIpc) is 2.55. The first-order valence-electron chi connectivity index (χ1n) is 8.54. The van der Waals surface area contributed by atoms with Crippen LogP contribution in [0.4, 0.5) is 0 Å². The summed E-state index contributed by atoms with van der Waals surface area (Å²) in [5, 5.41) is 0.737. The fourth-order valence-electron chi connectivity index (χ4n) is 3.02. The molecule has 0 N–H and O–H groups in total. The normalized spacial score (nSPS) is 10.7. The van der Waals surface area contributed by atoms with Crippen LogP contribution in [0, 0.1) is 13.8 Å². The zero-order valence-electron chi connectivity index (χ0n) is 15.3. The fraction of sp³-hybridized carbons (Fsp3) is 0.333. The fourth-order valence-corrected chi connectivity index (χ4v) is 3.77. The second-order valence-corrected chi connectivity index (χ2v) is 7.14. The molecule has 0 atom stereocenters. The van der Waals surface area contributed by atoms with E-state index in [0.29, 0.717) is 19.4 Å². The van der Waals surface area contributed by atoms with E-state index in [1.807, 2.05) is 13.0 Å². The Bertz CT molecular complexity index is 816. The molecule has 132 valence electrons. The second kappa shape index (κ2) is 8.86. The summed E-state index contributed by atoms with van der Waals surface area (Å²) < 4.78 is 1.71. The highest BCUT2D eigenvalue weighted by Gasteiger charge is 2.15. The minimum absolute atomic E-state index is 0.0448. The van der Waals surface area contributed by atoms with Crippen LogP contribution < -0.4 is 5.56 Å². The van der Waals surface area contributed by atoms with Crippen LogP contribution in [0.25, 0.3) is 0 Å². The van der Waals surface area contributed by atoms with E-state index in [1.54, 1.807) is 10.6 Å². The van der Waals surface area contributed by atoms with Crippen LogP contribution in [0.2, 0.25) is 0 Å². The SMILES string of the molecule is C=CCSc1nc(Cc2cc(C)cc(C)c2)c(CC)c(=O)n1CC=C. The van der Waals surface area contributed by atoms with Gasteiger partial charge in [0.2, 0.25) is 0 Å². The summed E-state index contributed by atoms with van der Waals surface area (Å²) in [6.45, 7) is 14.2. The van der Waals surface area contributed by atoms with Gasteiger partial charge >= 0.3 is 0 Å². The van der Waals surface area contributed by atoms with Gasteiger partial charge in [-0.2, -0.15) is 0 Å². The number of aromatic nitrogens is 2. The van der Waals surface area contributed by atoms with E-state index in [4.69, 9.17) is 4.98 Å². The molecule has 3 nitrogen and oxygen atoms in total. The Morgan fingerprint density at radius 2 is 1.84 bits per heavy atom. The van der Waals surface area contributed by atoms with E-state index >= 15 is 0 Å². The third-order valence-corrected chi connectivity index (χ3v) is 4.93. The third-order valence-electron chi connectivity index (χ3n) is 3.96. The van der Waals surface area contributed by atoms with Crippen molar-refractivity contribution in [2.45, 2.75) is 45.3 Å². The molecule has 0 unspecified atom stereocenters. The van der Waals surface area contributed by atoms with Crippen molar-refractivity contribution in [2.75, 3.05) is 5.75 Å².